The number of aliphatic hydroxyl groups excluding tert-OH is 1. The molecule has 3 heterocycles. The molecule has 0 atom stereocenters. The van der Waals surface area contributed by atoms with Crippen molar-refractivity contribution < 1.29 is 14.7 Å². The highest BCUT2D eigenvalue weighted by atomic mass is 16.5. The lowest BCUT2D eigenvalue weighted by Crippen LogP contribution is -2.19. The van der Waals surface area contributed by atoms with Gasteiger partial charge in [0, 0.05) is 23.5 Å². The standard InChI is InChI=1S/C19H19N5O3/c1-11-17(12(2)27-23-11)13-3-5-14(6-4-13)18-19(21-10-16(25)26)24-8-7-20-9-15(24)22-18/h3-9,16,21,25-26H,10H2,1-2H3. The van der Waals surface area contributed by atoms with E-state index in [0.717, 1.165) is 28.1 Å². The Morgan fingerprint density at radius 1 is 1.15 bits per heavy atom. The zero-order chi connectivity index (χ0) is 19.0. The van der Waals surface area contributed by atoms with E-state index in [2.05, 4.69) is 20.4 Å². The number of imidazole rings is 1. The summed E-state index contributed by atoms with van der Waals surface area (Å²) >= 11 is 0. The number of aryl methyl sites for hydroxylation is 2. The summed E-state index contributed by atoms with van der Waals surface area (Å²) < 4.78 is 7.07. The van der Waals surface area contributed by atoms with Crippen molar-refractivity contribution in [1.29, 1.82) is 0 Å². The Morgan fingerprint density at radius 2 is 1.89 bits per heavy atom. The summed E-state index contributed by atoms with van der Waals surface area (Å²) in [6.07, 6.45) is 3.62. The molecule has 3 aromatic heterocycles. The Hall–Kier alpha value is -3.23. The van der Waals surface area contributed by atoms with Gasteiger partial charge in [0.2, 0.25) is 0 Å². The van der Waals surface area contributed by atoms with Gasteiger partial charge in [-0.3, -0.25) is 9.38 Å². The van der Waals surface area contributed by atoms with E-state index >= 15 is 0 Å². The van der Waals surface area contributed by atoms with E-state index in [0.29, 0.717) is 17.2 Å². The highest BCUT2D eigenvalue weighted by Gasteiger charge is 2.16. The number of benzene rings is 1. The smallest absolute Gasteiger partial charge is 0.169 e. The van der Waals surface area contributed by atoms with Gasteiger partial charge < -0.3 is 20.1 Å². The second-order valence-electron chi connectivity index (χ2n) is 6.25. The van der Waals surface area contributed by atoms with Gasteiger partial charge in [-0.05, 0) is 19.4 Å². The molecule has 0 spiro atoms. The predicted molar refractivity (Wildman–Crippen MR) is 100 cm³/mol. The summed E-state index contributed by atoms with van der Waals surface area (Å²) in [4.78, 5) is 8.73. The monoisotopic (exact) mass is 365 g/mol. The lowest BCUT2D eigenvalue weighted by molar-refractivity contribution is -0.0276. The molecular weight excluding hydrogens is 346 g/mol. The van der Waals surface area contributed by atoms with E-state index in [9.17, 15) is 10.2 Å². The minimum Gasteiger partial charge on any atom is -0.367 e. The van der Waals surface area contributed by atoms with Gasteiger partial charge >= 0.3 is 0 Å². The van der Waals surface area contributed by atoms with Gasteiger partial charge in [-0.2, -0.15) is 0 Å². The van der Waals surface area contributed by atoms with Crippen molar-refractivity contribution in [3.8, 4) is 22.4 Å². The number of aliphatic hydroxyl groups is 2. The third kappa shape index (κ3) is 3.16. The van der Waals surface area contributed by atoms with Gasteiger partial charge in [-0.1, -0.05) is 29.4 Å². The third-order valence-electron chi connectivity index (χ3n) is 4.36. The Labute approximate surface area is 155 Å². The SMILES string of the molecule is Cc1noc(C)c1-c1ccc(-c2nc3cnccn3c2NCC(O)O)cc1. The predicted octanol–water partition coefficient (Wildman–Crippen LogP) is 2.39. The number of nitrogens with zero attached hydrogens (tertiary/aromatic N) is 4. The maximum Gasteiger partial charge on any atom is 0.169 e. The van der Waals surface area contributed by atoms with Crippen LogP contribution in [0.4, 0.5) is 5.82 Å². The largest absolute Gasteiger partial charge is 0.367 e. The zero-order valence-electron chi connectivity index (χ0n) is 14.9. The average molecular weight is 365 g/mol. The van der Waals surface area contributed by atoms with Crippen LogP contribution in [0.5, 0.6) is 0 Å². The average Bonchev–Trinajstić information content (AvgIpc) is 3.20. The van der Waals surface area contributed by atoms with Crippen LogP contribution >= 0.6 is 0 Å². The Bertz CT molecular complexity index is 1060. The topological polar surface area (TPSA) is 109 Å². The normalized spacial score (nSPS) is 11.4. The first kappa shape index (κ1) is 17.2. The number of anilines is 1. The van der Waals surface area contributed by atoms with Crippen LogP contribution in [0, 0.1) is 13.8 Å². The molecule has 8 heteroatoms. The van der Waals surface area contributed by atoms with Crippen molar-refractivity contribution in [2.45, 2.75) is 20.1 Å². The Morgan fingerprint density at radius 3 is 2.56 bits per heavy atom. The fourth-order valence-electron chi connectivity index (χ4n) is 3.15. The van der Waals surface area contributed by atoms with E-state index < -0.39 is 6.29 Å². The Kier molecular flexibility index (Phi) is 4.35. The van der Waals surface area contributed by atoms with Crippen LogP contribution < -0.4 is 5.32 Å². The Balaban J connectivity index is 1.77. The molecule has 0 aliphatic heterocycles. The fourth-order valence-corrected chi connectivity index (χ4v) is 3.15. The molecule has 0 saturated carbocycles. The van der Waals surface area contributed by atoms with Crippen LogP contribution in [0.15, 0.2) is 47.4 Å². The second kappa shape index (κ2) is 6.82. The molecule has 0 amide bonds. The first-order valence-corrected chi connectivity index (χ1v) is 8.50. The molecule has 4 aromatic rings. The molecule has 8 nitrogen and oxygen atoms in total. The number of hydrogen-bond acceptors (Lipinski definition) is 7. The van der Waals surface area contributed by atoms with Gasteiger partial charge in [0.05, 0.1) is 18.4 Å². The van der Waals surface area contributed by atoms with E-state index in [1.807, 2.05) is 42.5 Å². The number of aromatic nitrogens is 4. The lowest BCUT2D eigenvalue weighted by atomic mass is 10.0. The van der Waals surface area contributed by atoms with E-state index in [-0.39, 0.29) is 6.54 Å². The molecule has 4 rings (SSSR count). The van der Waals surface area contributed by atoms with Gasteiger partial charge in [0.1, 0.15) is 17.3 Å². The number of rotatable bonds is 5. The van der Waals surface area contributed by atoms with Gasteiger partial charge in [-0.25, -0.2) is 4.98 Å². The summed E-state index contributed by atoms with van der Waals surface area (Å²) in [6.45, 7) is 3.79. The minimum atomic E-state index is -1.47. The van der Waals surface area contributed by atoms with E-state index in [1.54, 1.807) is 18.6 Å². The van der Waals surface area contributed by atoms with Gasteiger partial charge in [-0.15, -0.1) is 0 Å². The summed E-state index contributed by atoms with van der Waals surface area (Å²) in [7, 11) is 0. The maximum absolute atomic E-state index is 9.21. The summed E-state index contributed by atoms with van der Waals surface area (Å²) in [5, 5.41) is 25.5. The molecule has 1 aromatic carbocycles. The van der Waals surface area contributed by atoms with E-state index in [4.69, 9.17) is 4.52 Å². The molecule has 0 radical (unpaired) electrons. The van der Waals surface area contributed by atoms with Crippen molar-refractivity contribution in [1.82, 2.24) is 19.5 Å². The fraction of sp³-hybridized carbons (Fsp3) is 0.211. The van der Waals surface area contributed by atoms with Gasteiger partial charge in [0.15, 0.2) is 11.9 Å². The summed E-state index contributed by atoms with van der Waals surface area (Å²) in [5.41, 5.74) is 5.11. The van der Waals surface area contributed by atoms with Crippen molar-refractivity contribution in [2.75, 3.05) is 11.9 Å². The second-order valence-corrected chi connectivity index (χ2v) is 6.25. The molecule has 0 fully saturated rings. The molecule has 0 saturated heterocycles. The highest BCUT2D eigenvalue weighted by molar-refractivity contribution is 5.78. The molecule has 138 valence electrons. The van der Waals surface area contributed by atoms with Crippen molar-refractivity contribution >= 4 is 11.5 Å². The molecule has 3 N–H and O–H groups in total. The van der Waals surface area contributed by atoms with Crippen molar-refractivity contribution in [3.63, 3.8) is 0 Å². The molecule has 0 bridgehead atoms. The van der Waals surface area contributed by atoms with Crippen LogP contribution in [-0.4, -0.2) is 42.6 Å². The van der Waals surface area contributed by atoms with E-state index in [1.165, 1.54) is 0 Å². The van der Waals surface area contributed by atoms with Crippen LogP contribution in [0.1, 0.15) is 11.5 Å². The molecule has 0 aliphatic carbocycles. The van der Waals surface area contributed by atoms with Crippen molar-refractivity contribution in [3.05, 3.63) is 54.3 Å². The van der Waals surface area contributed by atoms with Crippen LogP contribution in [0.2, 0.25) is 0 Å². The van der Waals surface area contributed by atoms with Crippen LogP contribution in [-0.2, 0) is 0 Å². The maximum atomic E-state index is 9.21. The quantitative estimate of drug-likeness (QED) is 0.466. The van der Waals surface area contributed by atoms with Gasteiger partial charge in [0.25, 0.3) is 0 Å². The van der Waals surface area contributed by atoms with Crippen LogP contribution in [0.25, 0.3) is 28.0 Å². The number of nitrogens with one attached hydrogen (secondary N) is 1. The van der Waals surface area contributed by atoms with Crippen LogP contribution in [0.3, 0.4) is 0 Å². The number of fused-ring (bicyclic) bond motifs is 1. The molecular formula is C19H19N5O3. The number of hydrogen-bond donors (Lipinski definition) is 3. The molecule has 0 unspecified atom stereocenters. The zero-order valence-corrected chi connectivity index (χ0v) is 14.9. The summed E-state index contributed by atoms with van der Waals surface area (Å²) in [5.74, 6) is 1.45. The minimum absolute atomic E-state index is 0.0136. The molecule has 27 heavy (non-hydrogen) atoms. The van der Waals surface area contributed by atoms with Crippen molar-refractivity contribution in [2.24, 2.45) is 0 Å². The first-order chi connectivity index (χ1) is 13.0. The summed E-state index contributed by atoms with van der Waals surface area (Å²) in [6, 6.07) is 7.93. The lowest BCUT2D eigenvalue weighted by Gasteiger charge is -2.10. The first-order valence-electron chi connectivity index (χ1n) is 8.50. The third-order valence-corrected chi connectivity index (χ3v) is 4.36. The molecule has 0 aliphatic rings. The highest BCUT2D eigenvalue weighted by Crippen LogP contribution is 2.32.